The highest BCUT2D eigenvalue weighted by atomic mass is 16.3. The van der Waals surface area contributed by atoms with E-state index in [4.69, 9.17) is 4.42 Å². The molecular weight excluding hydrogens is 306 g/mol. The SMILES string of the molecule is Cc1cc2cc(N3C(=O)C4=C5CCC(C(=O)C5)C4C3=O)ccc2o1. The van der Waals surface area contributed by atoms with Crippen LogP contribution >= 0.6 is 0 Å². The van der Waals surface area contributed by atoms with Gasteiger partial charge in [0.15, 0.2) is 0 Å². The lowest BCUT2D eigenvalue weighted by molar-refractivity contribution is -0.131. The van der Waals surface area contributed by atoms with E-state index in [1.165, 1.54) is 4.90 Å². The molecule has 2 fully saturated rings. The van der Waals surface area contributed by atoms with Gasteiger partial charge in [0.25, 0.3) is 5.91 Å². The van der Waals surface area contributed by atoms with Crippen molar-refractivity contribution in [3.8, 4) is 0 Å². The highest BCUT2D eigenvalue weighted by Gasteiger charge is 2.55. The van der Waals surface area contributed by atoms with Gasteiger partial charge in [-0.1, -0.05) is 5.57 Å². The highest BCUT2D eigenvalue weighted by molar-refractivity contribution is 6.31. The molecule has 2 heterocycles. The molecule has 0 N–H and O–H groups in total. The van der Waals surface area contributed by atoms with Gasteiger partial charge in [-0.15, -0.1) is 0 Å². The first kappa shape index (κ1) is 13.7. The first-order valence-electron chi connectivity index (χ1n) is 8.18. The molecule has 1 aliphatic heterocycles. The van der Waals surface area contributed by atoms with Gasteiger partial charge in [-0.3, -0.25) is 14.4 Å². The highest BCUT2D eigenvalue weighted by Crippen LogP contribution is 2.48. The number of hydrogen-bond donors (Lipinski definition) is 0. The molecule has 6 rings (SSSR count). The summed E-state index contributed by atoms with van der Waals surface area (Å²) in [6.07, 6.45) is 1.79. The van der Waals surface area contributed by atoms with Crippen molar-refractivity contribution in [1.29, 1.82) is 0 Å². The van der Waals surface area contributed by atoms with Crippen molar-refractivity contribution in [3.63, 3.8) is 0 Å². The zero-order chi connectivity index (χ0) is 16.6. The maximum absolute atomic E-state index is 12.9. The van der Waals surface area contributed by atoms with Gasteiger partial charge < -0.3 is 4.42 Å². The number of carbonyl (C=O) groups excluding carboxylic acids is 3. The predicted molar refractivity (Wildman–Crippen MR) is 86.3 cm³/mol. The van der Waals surface area contributed by atoms with Gasteiger partial charge in [-0.25, -0.2) is 4.90 Å². The fraction of sp³-hybridized carbons (Fsp3) is 0.316. The van der Waals surface area contributed by atoms with E-state index in [-0.39, 0.29) is 23.5 Å². The lowest BCUT2D eigenvalue weighted by Gasteiger charge is -2.33. The molecule has 4 aliphatic rings. The van der Waals surface area contributed by atoms with Crippen molar-refractivity contribution in [1.82, 2.24) is 0 Å². The molecule has 5 heteroatoms. The Morgan fingerprint density at radius 1 is 1.17 bits per heavy atom. The van der Waals surface area contributed by atoms with E-state index in [0.717, 1.165) is 28.7 Å². The topological polar surface area (TPSA) is 67.6 Å². The zero-order valence-corrected chi connectivity index (χ0v) is 13.2. The summed E-state index contributed by atoms with van der Waals surface area (Å²) < 4.78 is 5.55. The van der Waals surface area contributed by atoms with Crippen LogP contribution in [0.1, 0.15) is 25.0 Å². The molecule has 0 spiro atoms. The van der Waals surface area contributed by atoms with Crippen LogP contribution in [0.5, 0.6) is 0 Å². The Balaban J connectivity index is 1.64. The van der Waals surface area contributed by atoms with Crippen molar-refractivity contribution in [2.45, 2.75) is 26.2 Å². The van der Waals surface area contributed by atoms with E-state index < -0.39 is 5.92 Å². The number of hydrogen-bond acceptors (Lipinski definition) is 4. The molecule has 2 amide bonds. The molecule has 120 valence electrons. The average molecular weight is 321 g/mol. The second kappa shape index (κ2) is 4.44. The molecule has 2 unspecified atom stereocenters. The van der Waals surface area contributed by atoms with E-state index in [1.807, 2.05) is 13.0 Å². The molecular formula is C19H15NO4. The number of rotatable bonds is 1. The monoisotopic (exact) mass is 321 g/mol. The number of anilines is 1. The number of furan rings is 1. The molecule has 24 heavy (non-hydrogen) atoms. The van der Waals surface area contributed by atoms with E-state index in [9.17, 15) is 14.4 Å². The van der Waals surface area contributed by atoms with Crippen LogP contribution in [-0.4, -0.2) is 17.6 Å². The van der Waals surface area contributed by atoms with E-state index in [1.54, 1.807) is 18.2 Å². The second-order valence-corrected chi connectivity index (χ2v) is 6.84. The number of benzene rings is 1. The molecule has 1 saturated heterocycles. The quantitative estimate of drug-likeness (QED) is 0.757. The number of nitrogens with zero attached hydrogens (tertiary/aromatic N) is 1. The predicted octanol–water partition coefficient (Wildman–Crippen LogP) is 2.91. The fourth-order valence-corrected chi connectivity index (χ4v) is 4.41. The number of Topliss-reactive ketones (excluding diaryl/α,β-unsaturated/α-hetero) is 1. The lowest BCUT2D eigenvalue weighted by atomic mass is 9.67. The van der Waals surface area contributed by atoms with Crippen LogP contribution in [0.4, 0.5) is 5.69 Å². The molecule has 1 saturated carbocycles. The Hall–Kier alpha value is -2.69. The number of allylic oxidation sites excluding steroid dienone is 1. The van der Waals surface area contributed by atoms with Gasteiger partial charge in [0.05, 0.1) is 11.6 Å². The summed E-state index contributed by atoms with van der Waals surface area (Å²) in [6.45, 7) is 1.86. The molecule has 1 aromatic heterocycles. The third-order valence-corrected chi connectivity index (χ3v) is 5.45. The summed E-state index contributed by atoms with van der Waals surface area (Å²) in [5, 5.41) is 0.858. The first-order chi connectivity index (χ1) is 11.5. The fourth-order valence-electron chi connectivity index (χ4n) is 4.41. The summed E-state index contributed by atoms with van der Waals surface area (Å²) in [7, 11) is 0. The molecule has 2 aromatic rings. The Bertz CT molecular complexity index is 980. The van der Waals surface area contributed by atoms with Gasteiger partial charge in [-0.05, 0) is 44.0 Å². The minimum atomic E-state index is -0.565. The second-order valence-electron chi connectivity index (χ2n) is 6.84. The van der Waals surface area contributed by atoms with E-state index in [2.05, 4.69) is 0 Å². The molecule has 2 bridgehead atoms. The third kappa shape index (κ3) is 1.62. The normalized spacial score (nSPS) is 26.0. The van der Waals surface area contributed by atoms with Crippen molar-refractivity contribution in [2.75, 3.05) is 4.90 Å². The summed E-state index contributed by atoms with van der Waals surface area (Å²) in [4.78, 5) is 39.2. The van der Waals surface area contributed by atoms with Crippen molar-refractivity contribution >= 4 is 34.3 Å². The van der Waals surface area contributed by atoms with Crippen molar-refractivity contribution < 1.29 is 18.8 Å². The maximum atomic E-state index is 12.9. The number of aryl methyl sites for hydroxylation is 1. The van der Waals surface area contributed by atoms with Gasteiger partial charge in [-0.2, -0.15) is 0 Å². The summed E-state index contributed by atoms with van der Waals surface area (Å²) in [5.41, 5.74) is 2.73. The lowest BCUT2D eigenvalue weighted by Crippen LogP contribution is -2.38. The van der Waals surface area contributed by atoms with Crippen LogP contribution in [0, 0.1) is 18.8 Å². The number of ketones is 1. The molecule has 1 aromatic carbocycles. The summed E-state index contributed by atoms with van der Waals surface area (Å²) in [6, 6.07) is 7.19. The maximum Gasteiger partial charge on any atom is 0.261 e. The Kier molecular flexibility index (Phi) is 2.54. The zero-order valence-electron chi connectivity index (χ0n) is 13.2. The number of amides is 2. The van der Waals surface area contributed by atoms with Crippen molar-refractivity contribution in [2.24, 2.45) is 11.8 Å². The Morgan fingerprint density at radius 3 is 2.79 bits per heavy atom. The molecule has 2 atom stereocenters. The van der Waals surface area contributed by atoms with Crippen LogP contribution in [0.2, 0.25) is 0 Å². The van der Waals surface area contributed by atoms with E-state index >= 15 is 0 Å². The van der Waals surface area contributed by atoms with Crippen LogP contribution in [0.15, 0.2) is 39.8 Å². The minimum absolute atomic E-state index is 0.105. The Morgan fingerprint density at radius 2 is 2.00 bits per heavy atom. The average Bonchev–Trinajstić information content (AvgIpc) is 3.05. The van der Waals surface area contributed by atoms with Gasteiger partial charge in [0.2, 0.25) is 5.91 Å². The van der Waals surface area contributed by atoms with Crippen LogP contribution in [-0.2, 0) is 14.4 Å². The van der Waals surface area contributed by atoms with E-state index in [0.29, 0.717) is 24.1 Å². The standard InChI is InChI=1S/C19H15NO4/c1-9-6-11-7-12(3-5-15(11)24-9)20-18(22)16-10-2-4-13(14(21)8-10)17(16)19(20)23/h3,5-7,13,17H,2,4,8H2,1H3. The van der Waals surface area contributed by atoms with Gasteiger partial charge in [0.1, 0.15) is 17.1 Å². The number of carbonyl (C=O) groups is 3. The third-order valence-electron chi connectivity index (χ3n) is 5.45. The minimum Gasteiger partial charge on any atom is -0.461 e. The van der Waals surface area contributed by atoms with Crippen LogP contribution in [0.3, 0.4) is 0 Å². The molecule has 0 radical (unpaired) electrons. The number of imide groups is 1. The van der Waals surface area contributed by atoms with Gasteiger partial charge >= 0.3 is 0 Å². The van der Waals surface area contributed by atoms with Crippen LogP contribution in [0.25, 0.3) is 11.0 Å². The largest absolute Gasteiger partial charge is 0.461 e. The van der Waals surface area contributed by atoms with Crippen LogP contribution < -0.4 is 4.90 Å². The van der Waals surface area contributed by atoms with Gasteiger partial charge in [0, 0.05) is 23.3 Å². The molecule has 3 aliphatic carbocycles. The Labute approximate surface area is 137 Å². The summed E-state index contributed by atoms with van der Waals surface area (Å²) >= 11 is 0. The first-order valence-corrected chi connectivity index (χ1v) is 8.18. The molecule has 5 nitrogen and oxygen atoms in total. The number of fused-ring (bicyclic) bond motifs is 3. The summed E-state index contributed by atoms with van der Waals surface area (Å²) in [5.74, 6) is -0.512. The smallest absolute Gasteiger partial charge is 0.261 e. The van der Waals surface area contributed by atoms with Crippen molar-refractivity contribution in [3.05, 3.63) is 41.2 Å².